The fourth-order valence-electron chi connectivity index (χ4n) is 3.67. The third-order valence-corrected chi connectivity index (χ3v) is 6.32. The Labute approximate surface area is 179 Å². The van der Waals surface area contributed by atoms with Crippen molar-refractivity contribution in [3.8, 4) is 5.75 Å². The van der Waals surface area contributed by atoms with Gasteiger partial charge < -0.3 is 10.1 Å². The molecule has 1 fully saturated rings. The molecular weight excluding hydrogens is 400 g/mol. The van der Waals surface area contributed by atoms with Crippen LogP contribution in [0.25, 0.3) is 0 Å². The van der Waals surface area contributed by atoms with Gasteiger partial charge in [-0.25, -0.2) is 8.42 Å². The molecule has 0 bridgehead atoms. The summed E-state index contributed by atoms with van der Waals surface area (Å²) in [6, 6.07) is 11.7. The summed E-state index contributed by atoms with van der Waals surface area (Å²) in [6.07, 6.45) is 4.45. The number of anilines is 1. The van der Waals surface area contributed by atoms with E-state index in [0.29, 0.717) is 18.0 Å². The molecule has 0 unspecified atom stereocenters. The molecule has 1 saturated carbocycles. The van der Waals surface area contributed by atoms with Crippen LogP contribution in [-0.2, 0) is 26.7 Å². The number of benzene rings is 2. The second-order valence-corrected chi connectivity index (χ2v) is 9.90. The molecule has 3 rings (SSSR count). The van der Waals surface area contributed by atoms with E-state index >= 15 is 0 Å². The van der Waals surface area contributed by atoms with Crippen LogP contribution in [0.2, 0.25) is 0 Å². The molecule has 1 amide bonds. The molecule has 0 aliphatic heterocycles. The SMILES string of the molecule is COc1cc(C2(C(=O)NCCCc3ccc(C)c(C)c3)CC2)ccc1NS(C)(=O)=O. The number of rotatable bonds is 9. The van der Waals surface area contributed by atoms with Crippen molar-refractivity contribution in [3.63, 3.8) is 0 Å². The first-order valence-electron chi connectivity index (χ1n) is 10.2. The van der Waals surface area contributed by atoms with Gasteiger partial charge in [0, 0.05) is 6.54 Å². The normalized spacial score (nSPS) is 14.8. The molecule has 2 N–H and O–H groups in total. The number of amides is 1. The summed E-state index contributed by atoms with van der Waals surface area (Å²) >= 11 is 0. The zero-order valence-corrected chi connectivity index (χ0v) is 18.9. The molecule has 162 valence electrons. The second-order valence-electron chi connectivity index (χ2n) is 8.15. The quantitative estimate of drug-likeness (QED) is 0.597. The first-order chi connectivity index (χ1) is 14.1. The Morgan fingerprint density at radius 3 is 2.43 bits per heavy atom. The smallest absolute Gasteiger partial charge is 0.230 e. The van der Waals surface area contributed by atoms with Crippen molar-refractivity contribution < 1.29 is 17.9 Å². The first kappa shape index (κ1) is 22.2. The molecule has 0 atom stereocenters. The molecule has 6 nitrogen and oxygen atoms in total. The summed E-state index contributed by atoms with van der Waals surface area (Å²) in [7, 11) is -1.93. The molecule has 7 heteroatoms. The minimum absolute atomic E-state index is 0.0217. The summed E-state index contributed by atoms with van der Waals surface area (Å²) in [5.74, 6) is 0.431. The largest absolute Gasteiger partial charge is 0.495 e. The van der Waals surface area contributed by atoms with Gasteiger partial charge in [-0.05, 0) is 73.9 Å². The average Bonchev–Trinajstić information content (AvgIpc) is 3.49. The number of carbonyl (C=O) groups excluding carboxylic acids is 1. The van der Waals surface area contributed by atoms with Crippen LogP contribution in [0.15, 0.2) is 36.4 Å². The Balaban J connectivity index is 1.61. The third-order valence-electron chi connectivity index (χ3n) is 5.73. The number of carbonyl (C=O) groups is 1. The van der Waals surface area contributed by atoms with Gasteiger partial charge in [-0.2, -0.15) is 0 Å². The van der Waals surface area contributed by atoms with Crippen molar-refractivity contribution in [2.45, 2.75) is 44.9 Å². The van der Waals surface area contributed by atoms with Gasteiger partial charge in [-0.1, -0.05) is 24.3 Å². The fraction of sp³-hybridized carbons (Fsp3) is 0.435. The molecule has 0 radical (unpaired) electrons. The summed E-state index contributed by atoms with van der Waals surface area (Å²) < 4.78 is 30.8. The molecule has 30 heavy (non-hydrogen) atoms. The molecule has 2 aromatic carbocycles. The molecule has 2 aromatic rings. The third kappa shape index (κ3) is 5.14. The van der Waals surface area contributed by atoms with Crippen molar-refractivity contribution in [1.82, 2.24) is 5.32 Å². The number of methoxy groups -OCH3 is 1. The van der Waals surface area contributed by atoms with Crippen molar-refractivity contribution in [2.75, 3.05) is 24.6 Å². The summed E-state index contributed by atoms with van der Waals surface area (Å²) in [4.78, 5) is 12.9. The van der Waals surface area contributed by atoms with E-state index in [9.17, 15) is 13.2 Å². The number of ether oxygens (including phenoxy) is 1. The van der Waals surface area contributed by atoms with Crippen LogP contribution in [0.3, 0.4) is 0 Å². The maximum absolute atomic E-state index is 12.9. The number of hydrogen-bond acceptors (Lipinski definition) is 4. The van der Waals surface area contributed by atoms with Crippen LogP contribution in [0.5, 0.6) is 5.75 Å². The second kappa shape index (κ2) is 8.68. The van der Waals surface area contributed by atoms with E-state index in [2.05, 4.69) is 42.1 Å². The van der Waals surface area contributed by atoms with Crippen LogP contribution >= 0.6 is 0 Å². The van der Waals surface area contributed by atoms with Gasteiger partial charge >= 0.3 is 0 Å². The average molecular weight is 431 g/mol. The number of aryl methyl sites for hydroxylation is 3. The number of sulfonamides is 1. The summed E-state index contributed by atoms with van der Waals surface area (Å²) in [6.45, 7) is 4.84. The van der Waals surface area contributed by atoms with Crippen molar-refractivity contribution >= 4 is 21.6 Å². The van der Waals surface area contributed by atoms with Crippen LogP contribution in [0, 0.1) is 13.8 Å². The highest BCUT2D eigenvalue weighted by molar-refractivity contribution is 7.92. The maximum atomic E-state index is 12.9. The Kier molecular flexibility index (Phi) is 6.41. The molecule has 0 heterocycles. The summed E-state index contributed by atoms with van der Waals surface area (Å²) in [5, 5.41) is 3.08. The van der Waals surface area contributed by atoms with Crippen LogP contribution in [0.1, 0.15) is 41.5 Å². The topological polar surface area (TPSA) is 84.5 Å². The minimum Gasteiger partial charge on any atom is -0.495 e. The minimum atomic E-state index is -3.41. The lowest BCUT2D eigenvalue weighted by Crippen LogP contribution is -2.35. The highest BCUT2D eigenvalue weighted by Gasteiger charge is 2.51. The van der Waals surface area contributed by atoms with Crippen molar-refractivity contribution in [2.24, 2.45) is 0 Å². The molecule has 0 saturated heterocycles. The predicted molar refractivity (Wildman–Crippen MR) is 120 cm³/mol. The van der Waals surface area contributed by atoms with Crippen LogP contribution in [0.4, 0.5) is 5.69 Å². The van der Waals surface area contributed by atoms with E-state index in [1.165, 1.54) is 23.8 Å². The molecule has 0 spiro atoms. The summed E-state index contributed by atoms with van der Waals surface area (Å²) in [5.41, 5.74) is 4.54. The van der Waals surface area contributed by atoms with E-state index < -0.39 is 15.4 Å². The van der Waals surface area contributed by atoms with Gasteiger partial charge in [-0.3, -0.25) is 9.52 Å². The van der Waals surface area contributed by atoms with Gasteiger partial charge in [0.15, 0.2) is 0 Å². The lowest BCUT2D eigenvalue weighted by atomic mass is 9.94. The lowest BCUT2D eigenvalue weighted by Gasteiger charge is -2.18. The molecule has 1 aliphatic rings. The van der Waals surface area contributed by atoms with Crippen LogP contribution < -0.4 is 14.8 Å². The van der Waals surface area contributed by atoms with Crippen molar-refractivity contribution in [3.05, 3.63) is 58.7 Å². The van der Waals surface area contributed by atoms with Crippen molar-refractivity contribution in [1.29, 1.82) is 0 Å². The van der Waals surface area contributed by atoms with Gasteiger partial charge in [0.05, 0.1) is 24.5 Å². The molecule has 1 aliphatic carbocycles. The molecule has 0 aromatic heterocycles. The number of nitrogens with one attached hydrogen (secondary N) is 2. The predicted octanol–water partition coefficient (Wildman–Crippen LogP) is 3.46. The molecular formula is C23H30N2O4S. The Hall–Kier alpha value is -2.54. The highest BCUT2D eigenvalue weighted by Crippen LogP contribution is 2.49. The van der Waals surface area contributed by atoms with Gasteiger partial charge in [0.25, 0.3) is 0 Å². The Bertz CT molecular complexity index is 1040. The van der Waals surface area contributed by atoms with E-state index in [0.717, 1.165) is 37.5 Å². The van der Waals surface area contributed by atoms with Crippen LogP contribution in [-0.4, -0.2) is 34.2 Å². The highest BCUT2D eigenvalue weighted by atomic mass is 32.2. The van der Waals surface area contributed by atoms with E-state index in [-0.39, 0.29) is 5.91 Å². The van der Waals surface area contributed by atoms with Gasteiger partial charge in [-0.15, -0.1) is 0 Å². The zero-order valence-electron chi connectivity index (χ0n) is 18.0. The Morgan fingerprint density at radius 1 is 1.10 bits per heavy atom. The van der Waals surface area contributed by atoms with E-state index in [1.807, 2.05) is 0 Å². The fourth-order valence-corrected chi connectivity index (χ4v) is 4.24. The first-order valence-corrected chi connectivity index (χ1v) is 12.0. The zero-order chi connectivity index (χ0) is 21.9. The monoisotopic (exact) mass is 430 g/mol. The number of hydrogen-bond donors (Lipinski definition) is 2. The van der Waals surface area contributed by atoms with E-state index in [1.54, 1.807) is 18.2 Å². The van der Waals surface area contributed by atoms with E-state index in [4.69, 9.17) is 4.74 Å². The Morgan fingerprint density at radius 2 is 1.83 bits per heavy atom. The van der Waals surface area contributed by atoms with Gasteiger partial charge in [0.2, 0.25) is 15.9 Å². The van der Waals surface area contributed by atoms with Gasteiger partial charge in [0.1, 0.15) is 5.75 Å². The maximum Gasteiger partial charge on any atom is 0.230 e. The lowest BCUT2D eigenvalue weighted by molar-refractivity contribution is -0.123. The standard InChI is InChI=1S/C23H30N2O4S/c1-16-7-8-18(14-17(16)2)6-5-13-24-22(26)23(11-12-23)19-9-10-20(21(15-19)29-3)25-30(4,27)28/h7-10,14-15,25H,5-6,11-13H2,1-4H3,(H,24,26).